The number of hydrogen-bond donors (Lipinski definition) is 3. The van der Waals surface area contributed by atoms with Crippen molar-refractivity contribution in [2.45, 2.75) is 13.3 Å². The summed E-state index contributed by atoms with van der Waals surface area (Å²) in [7, 11) is 1.41. The molecule has 8 heteroatoms. The van der Waals surface area contributed by atoms with E-state index >= 15 is 0 Å². The van der Waals surface area contributed by atoms with Crippen molar-refractivity contribution in [1.82, 2.24) is 5.32 Å². The van der Waals surface area contributed by atoms with Crippen LogP contribution in [0.3, 0.4) is 0 Å². The first-order chi connectivity index (χ1) is 13.4. The summed E-state index contributed by atoms with van der Waals surface area (Å²) in [5.74, 6) is -0.845. The molecule has 0 atom stereocenters. The average Bonchev–Trinajstić information content (AvgIpc) is 2.70. The van der Waals surface area contributed by atoms with Gasteiger partial charge in [-0.25, -0.2) is 0 Å². The third-order valence-corrected chi connectivity index (χ3v) is 3.88. The first kappa shape index (κ1) is 20.8. The monoisotopic (exact) mass is 385 g/mol. The van der Waals surface area contributed by atoms with Crippen LogP contribution in [0.2, 0.25) is 0 Å². The number of para-hydroxylation sites is 1. The number of nitrogens with one attached hydrogen (secondary N) is 2. The van der Waals surface area contributed by atoms with Crippen LogP contribution in [0, 0.1) is 0 Å². The minimum atomic E-state index is -0.625. The van der Waals surface area contributed by atoms with Crippen LogP contribution in [-0.2, 0) is 16.0 Å². The minimum Gasteiger partial charge on any atom is -0.493 e. The molecule has 0 bridgehead atoms. The van der Waals surface area contributed by atoms with Gasteiger partial charge in [-0.1, -0.05) is 25.1 Å². The van der Waals surface area contributed by atoms with Crippen molar-refractivity contribution in [2.24, 2.45) is 5.73 Å². The molecular formula is C20H23N3O5. The number of ether oxygens (including phenoxy) is 2. The maximum absolute atomic E-state index is 12.3. The molecule has 4 N–H and O–H groups in total. The molecule has 8 nitrogen and oxygen atoms in total. The van der Waals surface area contributed by atoms with Crippen molar-refractivity contribution < 1.29 is 23.9 Å². The van der Waals surface area contributed by atoms with Crippen molar-refractivity contribution >= 4 is 23.4 Å². The van der Waals surface area contributed by atoms with Crippen LogP contribution < -0.4 is 25.8 Å². The maximum Gasteiger partial charge on any atom is 0.255 e. The van der Waals surface area contributed by atoms with Crippen molar-refractivity contribution in [3.8, 4) is 11.5 Å². The molecule has 0 heterocycles. The molecule has 0 radical (unpaired) electrons. The third kappa shape index (κ3) is 5.73. The van der Waals surface area contributed by atoms with Crippen molar-refractivity contribution in [3.05, 3.63) is 53.6 Å². The van der Waals surface area contributed by atoms with Gasteiger partial charge in [0.05, 0.1) is 13.7 Å². The van der Waals surface area contributed by atoms with E-state index in [1.165, 1.54) is 25.3 Å². The molecule has 0 spiro atoms. The minimum absolute atomic E-state index is 0.181. The number of carbonyl (C=O) groups is 3. The number of rotatable bonds is 9. The van der Waals surface area contributed by atoms with Crippen LogP contribution in [0.15, 0.2) is 42.5 Å². The Kier molecular flexibility index (Phi) is 7.38. The van der Waals surface area contributed by atoms with Gasteiger partial charge in [-0.15, -0.1) is 0 Å². The van der Waals surface area contributed by atoms with E-state index in [9.17, 15) is 14.4 Å². The van der Waals surface area contributed by atoms with E-state index in [0.717, 1.165) is 17.7 Å². The van der Waals surface area contributed by atoms with Gasteiger partial charge in [0.25, 0.3) is 11.8 Å². The van der Waals surface area contributed by atoms with E-state index in [1.807, 2.05) is 31.2 Å². The SMILES string of the molecule is CCc1ccccc1NC(=O)CNC(=O)c1ccc(OCC(N)=O)c(OC)c1. The molecule has 0 aliphatic heterocycles. The molecule has 2 aromatic carbocycles. The van der Waals surface area contributed by atoms with Crippen LogP contribution in [-0.4, -0.2) is 38.0 Å². The number of methoxy groups -OCH3 is 1. The van der Waals surface area contributed by atoms with Gasteiger partial charge in [-0.3, -0.25) is 14.4 Å². The van der Waals surface area contributed by atoms with E-state index in [-0.39, 0.29) is 36.1 Å². The highest BCUT2D eigenvalue weighted by Gasteiger charge is 2.13. The summed E-state index contributed by atoms with van der Waals surface area (Å²) in [4.78, 5) is 35.3. The molecule has 0 saturated heterocycles. The van der Waals surface area contributed by atoms with E-state index < -0.39 is 11.8 Å². The van der Waals surface area contributed by atoms with Gasteiger partial charge >= 0.3 is 0 Å². The van der Waals surface area contributed by atoms with Gasteiger partial charge in [-0.2, -0.15) is 0 Å². The highest BCUT2D eigenvalue weighted by Crippen LogP contribution is 2.28. The summed E-state index contributed by atoms with van der Waals surface area (Å²) in [5.41, 5.74) is 7.06. The van der Waals surface area contributed by atoms with Gasteiger partial charge in [0, 0.05) is 11.3 Å². The topological polar surface area (TPSA) is 120 Å². The summed E-state index contributed by atoms with van der Waals surface area (Å²) >= 11 is 0. The fourth-order valence-electron chi connectivity index (χ4n) is 2.48. The first-order valence-corrected chi connectivity index (χ1v) is 8.69. The predicted octanol–water partition coefficient (Wildman–Crippen LogP) is 1.49. The van der Waals surface area contributed by atoms with Gasteiger partial charge in [0.15, 0.2) is 18.1 Å². The Bertz CT molecular complexity index is 867. The Hall–Kier alpha value is -3.55. The number of benzene rings is 2. The second-order valence-electron chi connectivity index (χ2n) is 5.86. The molecule has 0 aliphatic rings. The number of amides is 3. The third-order valence-electron chi connectivity index (χ3n) is 3.88. The van der Waals surface area contributed by atoms with Crippen LogP contribution in [0.1, 0.15) is 22.8 Å². The Labute approximate surface area is 163 Å². The molecule has 0 unspecified atom stereocenters. The number of anilines is 1. The quantitative estimate of drug-likeness (QED) is 0.604. The van der Waals surface area contributed by atoms with Gasteiger partial charge in [0.2, 0.25) is 5.91 Å². The zero-order valence-corrected chi connectivity index (χ0v) is 15.8. The zero-order valence-electron chi connectivity index (χ0n) is 15.8. The molecular weight excluding hydrogens is 362 g/mol. The summed E-state index contributed by atoms with van der Waals surface area (Å²) < 4.78 is 10.4. The van der Waals surface area contributed by atoms with E-state index in [1.54, 1.807) is 0 Å². The maximum atomic E-state index is 12.3. The summed E-state index contributed by atoms with van der Waals surface area (Å²) in [6, 6.07) is 11.9. The fraction of sp³-hybridized carbons (Fsp3) is 0.250. The molecule has 0 fully saturated rings. The fourth-order valence-corrected chi connectivity index (χ4v) is 2.48. The molecule has 148 valence electrons. The molecule has 0 aliphatic carbocycles. The second kappa shape index (κ2) is 9.96. The Balaban J connectivity index is 1.96. The van der Waals surface area contributed by atoms with E-state index in [4.69, 9.17) is 15.2 Å². The highest BCUT2D eigenvalue weighted by molar-refractivity contribution is 5.99. The molecule has 0 aromatic heterocycles. The Morgan fingerprint density at radius 3 is 2.50 bits per heavy atom. The average molecular weight is 385 g/mol. The molecule has 0 saturated carbocycles. The van der Waals surface area contributed by atoms with Crippen LogP contribution in [0.4, 0.5) is 5.69 Å². The normalized spacial score (nSPS) is 10.1. The summed E-state index contributed by atoms with van der Waals surface area (Å²) in [6.07, 6.45) is 0.785. The zero-order chi connectivity index (χ0) is 20.5. The van der Waals surface area contributed by atoms with E-state index in [2.05, 4.69) is 10.6 Å². The lowest BCUT2D eigenvalue weighted by Gasteiger charge is -2.12. The lowest BCUT2D eigenvalue weighted by Crippen LogP contribution is -2.33. The largest absolute Gasteiger partial charge is 0.493 e. The number of carbonyl (C=O) groups excluding carboxylic acids is 3. The van der Waals surface area contributed by atoms with Crippen LogP contribution in [0.25, 0.3) is 0 Å². The lowest BCUT2D eigenvalue weighted by molar-refractivity contribution is -0.120. The molecule has 2 rings (SSSR count). The van der Waals surface area contributed by atoms with Gasteiger partial charge < -0.3 is 25.8 Å². The van der Waals surface area contributed by atoms with Gasteiger partial charge in [0.1, 0.15) is 0 Å². The van der Waals surface area contributed by atoms with Crippen LogP contribution >= 0.6 is 0 Å². The standard InChI is InChI=1S/C20H23N3O5/c1-3-13-6-4-5-7-15(13)23-19(25)11-22-20(26)14-8-9-16(17(10-14)27-2)28-12-18(21)24/h4-10H,3,11-12H2,1-2H3,(H2,21,24)(H,22,26)(H,23,25). The lowest BCUT2D eigenvalue weighted by atomic mass is 10.1. The van der Waals surface area contributed by atoms with Crippen molar-refractivity contribution in [1.29, 1.82) is 0 Å². The molecule has 28 heavy (non-hydrogen) atoms. The van der Waals surface area contributed by atoms with Crippen LogP contribution in [0.5, 0.6) is 11.5 Å². The van der Waals surface area contributed by atoms with Crippen molar-refractivity contribution in [3.63, 3.8) is 0 Å². The highest BCUT2D eigenvalue weighted by atomic mass is 16.5. The predicted molar refractivity (Wildman–Crippen MR) is 104 cm³/mol. The Morgan fingerprint density at radius 2 is 1.82 bits per heavy atom. The van der Waals surface area contributed by atoms with Crippen molar-refractivity contribution in [2.75, 3.05) is 25.6 Å². The summed E-state index contributed by atoms with van der Waals surface area (Å²) in [6.45, 7) is 1.51. The molecule has 2 aromatic rings. The smallest absolute Gasteiger partial charge is 0.255 e. The second-order valence-corrected chi connectivity index (χ2v) is 5.86. The van der Waals surface area contributed by atoms with Gasteiger partial charge in [-0.05, 0) is 36.2 Å². The molecule has 3 amide bonds. The first-order valence-electron chi connectivity index (χ1n) is 8.69. The number of primary amides is 1. The number of nitrogens with two attached hydrogens (primary N) is 1. The Morgan fingerprint density at radius 1 is 1.07 bits per heavy atom. The van der Waals surface area contributed by atoms with E-state index in [0.29, 0.717) is 0 Å². The number of hydrogen-bond acceptors (Lipinski definition) is 5. The summed E-state index contributed by atoms with van der Waals surface area (Å²) in [5, 5.41) is 5.34. The number of aryl methyl sites for hydroxylation is 1.